The highest BCUT2D eigenvalue weighted by Crippen LogP contribution is 2.39. The van der Waals surface area contributed by atoms with Crippen LogP contribution in [0.5, 0.6) is 0 Å². The lowest BCUT2D eigenvalue weighted by Crippen LogP contribution is -2.09. The first kappa shape index (κ1) is 15.2. The Labute approximate surface area is 135 Å². The summed E-state index contributed by atoms with van der Waals surface area (Å²) in [6, 6.07) is 0. The van der Waals surface area contributed by atoms with Crippen molar-refractivity contribution in [1.29, 1.82) is 0 Å². The summed E-state index contributed by atoms with van der Waals surface area (Å²) in [6.45, 7) is 4.36. The summed E-state index contributed by atoms with van der Waals surface area (Å²) in [5.41, 5.74) is 9.68. The maximum absolute atomic E-state index is 6.24. The van der Waals surface area contributed by atoms with Crippen molar-refractivity contribution >= 4 is 7.85 Å². The second-order valence-corrected chi connectivity index (χ2v) is 6.32. The van der Waals surface area contributed by atoms with E-state index in [-0.39, 0.29) is 0 Å². The van der Waals surface area contributed by atoms with Crippen LogP contribution in [0, 0.1) is 0 Å². The summed E-state index contributed by atoms with van der Waals surface area (Å²) in [5.74, 6) is 0. The Bertz CT molecular complexity index is 679. The molecule has 3 aliphatic rings. The topological polar surface area (TPSA) is 0 Å². The van der Waals surface area contributed by atoms with Crippen LogP contribution in [0.2, 0.25) is 0 Å². The molecular weight excluding hydrogens is 263 g/mol. The van der Waals surface area contributed by atoms with E-state index in [1.54, 1.807) is 0 Å². The number of hydrogen-bond donors (Lipinski definition) is 0. The first-order chi connectivity index (χ1) is 10.7. The molecule has 2 radical (unpaired) electrons. The van der Waals surface area contributed by atoms with Gasteiger partial charge in [-0.1, -0.05) is 53.7 Å². The molecule has 0 aromatic carbocycles. The van der Waals surface area contributed by atoms with Gasteiger partial charge in [-0.15, -0.1) is 5.47 Å². The van der Waals surface area contributed by atoms with Crippen molar-refractivity contribution in [3.63, 3.8) is 0 Å². The maximum atomic E-state index is 6.24. The lowest BCUT2D eigenvalue weighted by molar-refractivity contribution is 0.959. The smallest absolute Gasteiger partial charge is 0.108 e. The van der Waals surface area contributed by atoms with Gasteiger partial charge < -0.3 is 0 Å². The van der Waals surface area contributed by atoms with Crippen LogP contribution in [0.4, 0.5) is 0 Å². The Balaban J connectivity index is 2.17. The predicted octanol–water partition coefficient (Wildman–Crippen LogP) is 5.63. The SMILES string of the molecule is [B]C1=C/C(=C(/C=C\C)C2=C(C)CC=CC2)C2=C(CC=CC2)C1. The third-order valence-corrected chi connectivity index (χ3v) is 4.73. The van der Waals surface area contributed by atoms with Crippen LogP contribution in [-0.2, 0) is 0 Å². The largest absolute Gasteiger partial charge is 0.113 e. The maximum Gasteiger partial charge on any atom is 0.108 e. The van der Waals surface area contributed by atoms with E-state index in [2.05, 4.69) is 56.4 Å². The molecule has 110 valence electrons. The summed E-state index contributed by atoms with van der Waals surface area (Å²) < 4.78 is 0. The Morgan fingerprint density at radius 3 is 2.55 bits per heavy atom. The average Bonchev–Trinajstić information content (AvgIpc) is 2.53. The molecule has 0 spiro atoms. The minimum atomic E-state index is 0.935. The molecule has 0 heterocycles. The van der Waals surface area contributed by atoms with Crippen molar-refractivity contribution in [3.8, 4) is 0 Å². The second kappa shape index (κ2) is 6.56. The molecule has 3 aliphatic carbocycles. The van der Waals surface area contributed by atoms with Crippen molar-refractivity contribution < 1.29 is 0 Å². The van der Waals surface area contributed by atoms with Crippen LogP contribution >= 0.6 is 0 Å². The zero-order valence-corrected chi connectivity index (χ0v) is 13.7. The monoisotopic (exact) mass is 286 g/mol. The molecule has 0 saturated heterocycles. The standard InChI is InChI=1S/C21H23B/c1-3-8-20(18-11-6-4-9-15(18)2)21-14-17(22)13-16-10-5-7-12-19(16)21/h3-8,14H,9-13H2,1-2H3/b8-3-,21-20+. The molecule has 0 saturated carbocycles. The highest BCUT2D eigenvalue weighted by molar-refractivity contribution is 6.22. The van der Waals surface area contributed by atoms with Crippen LogP contribution in [0.1, 0.15) is 46.0 Å². The molecule has 1 heteroatoms. The van der Waals surface area contributed by atoms with E-state index < -0.39 is 0 Å². The van der Waals surface area contributed by atoms with Gasteiger partial charge in [-0.2, -0.15) is 0 Å². The van der Waals surface area contributed by atoms with Crippen LogP contribution in [-0.4, -0.2) is 7.85 Å². The van der Waals surface area contributed by atoms with Crippen LogP contribution < -0.4 is 0 Å². The highest BCUT2D eigenvalue weighted by atomic mass is 14.2. The fraction of sp³-hybridized carbons (Fsp3) is 0.333. The molecule has 0 aromatic heterocycles. The van der Waals surface area contributed by atoms with Gasteiger partial charge in [0.1, 0.15) is 7.85 Å². The van der Waals surface area contributed by atoms with Crippen molar-refractivity contribution in [2.24, 2.45) is 0 Å². The summed E-state index contributed by atoms with van der Waals surface area (Å²) >= 11 is 0. The molecule has 0 atom stereocenters. The van der Waals surface area contributed by atoms with Gasteiger partial charge in [-0.25, -0.2) is 0 Å². The van der Waals surface area contributed by atoms with Crippen LogP contribution in [0.3, 0.4) is 0 Å². The Kier molecular flexibility index (Phi) is 4.52. The van der Waals surface area contributed by atoms with Gasteiger partial charge in [0.2, 0.25) is 0 Å². The minimum Gasteiger partial charge on any atom is -0.113 e. The molecule has 0 amide bonds. The van der Waals surface area contributed by atoms with Crippen LogP contribution in [0.25, 0.3) is 0 Å². The van der Waals surface area contributed by atoms with E-state index in [1.807, 2.05) is 0 Å². The number of rotatable bonds is 2. The van der Waals surface area contributed by atoms with E-state index in [0.717, 1.165) is 37.6 Å². The van der Waals surface area contributed by atoms with Crippen molar-refractivity contribution in [2.75, 3.05) is 0 Å². The lowest BCUT2D eigenvalue weighted by atomic mass is 9.74. The molecule has 0 fully saturated rings. The average molecular weight is 286 g/mol. The van der Waals surface area contributed by atoms with E-state index >= 15 is 0 Å². The fourth-order valence-electron chi connectivity index (χ4n) is 3.60. The quantitative estimate of drug-likeness (QED) is 0.456. The molecule has 22 heavy (non-hydrogen) atoms. The highest BCUT2D eigenvalue weighted by Gasteiger charge is 2.21. The third-order valence-electron chi connectivity index (χ3n) is 4.73. The van der Waals surface area contributed by atoms with Gasteiger partial charge in [0.05, 0.1) is 0 Å². The normalized spacial score (nSPS) is 24.0. The number of allylic oxidation sites excluding steroid dienone is 14. The fourth-order valence-corrected chi connectivity index (χ4v) is 3.60. The number of hydrogen-bond acceptors (Lipinski definition) is 0. The molecule has 0 N–H and O–H groups in total. The van der Waals surface area contributed by atoms with E-state index in [1.165, 1.54) is 33.4 Å². The van der Waals surface area contributed by atoms with E-state index in [4.69, 9.17) is 7.85 Å². The van der Waals surface area contributed by atoms with E-state index in [9.17, 15) is 0 Å². The predicted molar refractivity (Wildman–Crippen MR) is 96.8 cm³/mol. The summed E-state index contributed by atoms with van der Waals surface area (Å²) in [7, 11) is 6.24. The van der Waals surface area contributed by atoms with Crippen molar-refractivity contribution in [2.45, 2.75) is 46.0 Å². The van der Waals surface area contributed by atoms with Gasteiger partial charge >= 0.3 is 0 Å². The molecule has 0 nitrogen and oxygen atoms in total. The summed E-state index contributed by atoms with van der Waals surface area (Å²) in [5, 5.41) is 0. The minimum absolute atomic E-state index is 0.935. The van der Waals surface area contributed by atoms with Crippen LogP contribution in [0.15, 0.2) is 81.4 Å². The Morgan fingerprint density at radius 2 is 1.77 bits per heavy atom. The third kappa shape index (κ3) is 2.90. The first-order valence-electron chi connectivity index (χ1n) is 8.24. The van der Waals surface area contributed by atoms with Gasteiger partial charge in [0.15, 0.2) is 0 Å². The molecular formula is C21H23B. The summed E-state index contributed by atoms with van der Waals surface area (Å²) in [4.78, 5) is 0. The van der Waals surface area contributed by atoms with E-state index in [0.29, 0.717) is 0 Å². The van der Waals surface area contributed by atoms with Gasteiger partial charge in [0.25, 0.3) is 0 Å². The molecule has 0 aliphatic heterocycles. The Morgan fingerprint density at radius 1 is 1.05 bits per heavy atom. The molecule has 3 rings (SSSR count). The van der Waals surface area contributed by atoms with Crippen molar-refractivity contribution in [3.05, 3.63) is 81.4 Å². The zero-order valence-electron chi connectivity index (χ0n) is 13.7. The second-order valence-electron chi connectivity index (χ2n) is 6.32. The Hall–Kier alpha value is -1.76. The zero-order chi connectivity index (χ0) is 15.5. The molecule has 0 bridgehead atoms. The first-order valence-corrected chi connectivity index (χ1v) is 8.24. The lowest BCUT2D eigenvalue weighted by Gasteiger charge is -2.27. The summed E-state index contributed by atoms with van der Waals surface area (Å²) in [6.07, 6.45) is 20.9. The van der Waals surface area contributed by atoms with Gasteiger partial charge in [0, 0.05) is 0 Å². The van der Waals surface area contributed by atoms with Gasteiger partial charge in [-0.3, -0.25) is 0 Å². The molecule has 0 aromatic rings. The van der Waals surface area contributed by atoms with Crippen molar-refractivity contribution in [1.82, 2.24) is 0 Å². The molecule has 0 unspecified atom stereocenters. The van der Waals surface area contributed by atoms with Gasteiger partial charge in [-0.05, 0) is 68.2 Å².